The molecular weight excluding hydrogens is 240 g/mol. The SMILES string of the molecule is CCNCc1ccc(N2CCOCC2CO)cc1C. The van der Waals surface area contributed by atoms with Crippen molar-refractivity contribution in [3.05, 3.63) is 29.3 Å². The van der Waals surface area contributed by atoms with Gasteiger partial charge in [0.15, 0.2) is 0 Å². The van der Waals surface area contributed by atoms with Crippen LogP contribution in [0.1, 0.15) is 18.1 Å². The number of rotatable bonds is 5. The summed E-state index contributed by atoms with van der Waals surface area (Å²) >= 11 is 0. The number of anilines is 1. The number of benzene rings is 1. The van der Waals surface area contributed by atoms with Crippen molar-refractivity contribution in [2.75, 3.05) is 37.8 Å². The summed E-state index contributed by atoms with van der Waals surface area (Å²) in [6.45, 7) is 8.47. The maximum atomic E-state index is 9.43. The normalized spacial score (nSPS) is 19.7. The highest BCUT2D eigenvalue weighted by molar-refractivity contribution is 5.52. The van der Waals surface area contributed by atoms with E-state index in [2.05, 4.69) is 42.3 Å². The minimum absolute atomic E-state index is 0.0766. The van der Waals surface area contributed by atoms with E-state index < -0.39 is 0 Å². The molecule has 0 aromatic heterocycles. The fourth-order valence-corrected chi connectivity index (χ4v) is 2.46. The first kappa shape index (κ1) is 14.3. The lowest BCUT2D eigenvalue weighted by Crippen LogP contribution is -2.47. The zero-order valence-corrected chi connectivity index (χ0v) is 11.9. The Balaban J connectivity index is 2.13. The van der Waals surface area contributed by atoms with Crippen molar-refractivity contribution in [2.24, 2.45) is 0 Å². The van der Waals surface area contributed by atoms with Gasteiger partial charge in [-0.2, -0.15) is 0 Å². The van der Waals surface area contributed by atoms with E-state index in [1.807, 2.05) is 0 Å². The highest BCUT2D eigenvalue weighted by Gasteiger charge is 2.22. The van der Waals surface area contributed by atoms with Gasteiger partial charge in [-0.1, -0.05) is 13.0 Å². The summed E-state index contributed by atoms with van der Waals surface area (Å²) in [7, 11) is 0. The molecule has 0 amide bonds. The average Bonchev–Trinajstić information content (AvgIpc) is 2.46. The molecule has 1 atom stereocenters. The number of morpholine rings is 1. The number of ether oxygens (including phenoxy) is 1. The zero-order valence-electron chi connectivity index (χ0n) is 11.9. The van der Waals surface area contributed by atoms with Gasteiger partial charge < -0.3 is 20.1 Å². The molecule has 4 heteroatoms. The van der Waals surface area contributed by atoms with Gasteiger partial charge >= 0.3 is 0 Å². The number of aryl methyl sites for hydroxylation is 1. The largest absolute Gasteiger partial charge is 0.394 e. The molecule has 1 aliphatic heterocycles. The lowest BCUT2D eigenvalue weighted by atomic mass is 10.1. The molecular formula is C15H24N2O2. The lowest BCUT2D eigenvalue weighted by Gasteiger charge is -2.36. The first-order valence-electron chi connectivity index (χ1n) is 7.01. The van der Waals surface area contributed by atoms with Gasteiger partial charge in [0.25, 0.3) is 0 Å². The second-order valence-corrected chi connectivity index (χ2v) is 5.00. The fraction of sp³-hybridized carbons (Fsp3) is 0.600. The highest BCUT2D eigenvalue weighted by atomic mass is 16.5. The lowest BCUT2D eigenvalue weighted by molar-refractivity contribution is 0.0727. The van der Waals surface area contributed by atoms with Crippen LogP contribution in [0.4, 0.5) is 5.69 Å². The Morgan fingerprint density at radius 1 is 1.47 bits per heavy atom. The van der Waals surface area contributed by atoms with Crippen molar-refractivity contribution in [2.45, 2.75) is 26.4 Å². The van der Waals surface area contributed by atoms with Gasteiger partial charge in [0.2, 0.25) is 0 Å². The molecule has 1 heterocycles. The number of nitrogens with one attached hydrogen (secondary N) is 1. The average molecular weight is 264 g/mol. The molecule has 1 aliphatic rings. The first-order chi connectivity index (χ1) is 9.26. The van der Waals surface area contributed by atoms with Crippen molar-refractivity contribution in [1.82, 2.24) is 5.32 Å². The third kappa shape index (κ3) is 3.47. The van der Waals surface area contributed by atoms with E-state index >= 15 is 0 Å². The zero-order chi connectivity index (χ0) is 13.7. The van der Waals surface area contributed by atoms with E-state index in [1.54, 1.807) is 0 Å². The molecule has 0 bridgehead atoms. The third-order valence-electron chi connectivity index (χ3n) is 3.66. The minimum Gasteiger partial charge on any atom is -0.394 e. The van der Waals surface area contributed by atoms with E-state index in [0.29, 0.717) is 6.61 Å². The van der Waals surface area contributed by atoms with Crippen LogP contribution in [0.3, 0.4) is 0 Å². The number of nitrogens with zero attached hydrogens (tertiary/aromatic N) is 1. The van der Waals surface area contributed by atoms with E-state index in [9.17, 15) is 5.11 Å². The Morgan fingerprint density at radius 3 is 3.00 bits per heavy atom. The van der Waals surface area contributed by atoms with E-state index in [-0.39, 0.29) is 12.6 Å². The summed E-state index contributed by atoms with van der Waals surface area (Å²) in [5.41, 5.74) is 3.81. The summed E-state index contributed by atoms with van der Waals surface area (Å²) in [5.74, 6) is 0. The van der Waals surface area contributed by atoms with Crippen LogP contribution >= 0.6 is 0 Å². The number of hydrogen-bond donors (Lipinski definition) is 2. The summed E-state index contributed by atoms with van der Waals surface area (Å²) < 4.78 is 5.42. The maximum absolute atomic E-state index is 9.43. The summed E-state index contributed by atoms with van der Waals surface area (Å²) in [5, 5.41) is 12.8. The molecule has 1 aromatic rings. The van der Waals surface area contributed by atoms with E-state index in [1.165, 1.54) is 16.8 Å². The van der Waals surface area contributed by atoms with Crippen molar-refractivity contribution in [1.29, 1.82) is 0 Å². The molecule has 0 aliphatic carbocycles. The monoisotopic (exact) mass is 264 g/mol. The number of aliphatic hydroxyl groups is 1. The molecule has 1 unspecified atom stereocenters. The Labute approximate surface area is 115 Å². The third-order valence-corrected chi connectivity index (χ3v) is 3.66. The maximum Gasteiger partial charge on any atom is 0.0755 e. The number of hydrogen-bond acceptors (Lipinski definition) is 4. The molecule has 0 spiro atoms. The summed E-state index contributed by atoms with van der Waals surface area (Å²) in [6.07, 6.45) is 0. The van der Waals surface area contributed by atoms with Gasteiger partial charge in [0, 0.05) is 18.8 Å². The molecule has 0 radical (unpaired) electrons. The highest BCUT2D eigenvalue weighted by Crippen LogP contribution is 2.23. The Hall–Kier alpha value is -1.10. The van der Waals surface area contributed by atoms with Crippen molar-refractivity contribution in [3.63, 3.8) is 0 Å². The molecule has 4 nitrogen and oxygen atoms in total. The van der Waals surface area contributed by atoms with Crippen LogP contribution in [-0.2, 0) is 11.3 Å². The second-order valence-electron chi connectivity index (χ2n) is 5.00. The van der Waals surface area contributed by atoms with Gasteiger partial charge in [0.1, 0.15) is 0 Å². The van der Waals surface area contributed by atoms with Gasteiger partial charge in [-0.15, -0.1) is 0 Å². The van der Waals surface area contributed by atoms with Crippen LogP contribution in [0.15, 0.2) is 18.2 Å². The van der Waals surface area contributed by atoms with Gasteiger partial charge in [-0.3, -0.25) is 0 Å². The van der Waals surface area contributed by atoms with Crippen molar-refractivity contribution in [3.8, 4) is 0 Å². The molecule has 0 saturated carbocycles. The van der Waals surface area contributed by atoms with Gasteiger partial charge in [-0.05, 0) is 36.7 Å². The molecule has 1 fully saturated rings. The first-order valence-corrected chi connectivity index (χ1v) is 7.01. The Morgan fingerprint density at radius 2 is 2.32 bits per heavy atom. The smallest absolute Gasteiger partial charge is 0.0755 e. The Bertz CT molecular complexity index is 409. The summed E-state index contributed by atoms with van der Waals surface area (Å²) in [4.78, 5) is 2.24. The molecule has 1 aromatic carbocycles. The van der Waals surface area contributed by atoms with Crippen LogP contribution in [0.25, 0.3) is 0 Å². The quantitative estimate of drug-likeness (QED) is 0.841. The topological polar surface area (TPSA) is 44.7 Å². The van der Waals surface area contributed by atoms with Gasteiger partial charge in [-0.25, -0.2) is 0 Å². The van der Waals surface area contributed by atoms with Crippen LogP contribution in [-0.4, -0.2) is 44.1 Å². The molecule has 2 rings (SSSR count). The van der Waals surface area contributed by atoms with Crippen LogP contribution in [0.5, 0.6) is 0 Å². The van der Waals surface area contributed by atoms with E-state index in [4.69, 9.17) is 4.74 Å². The molecule has 19 heavy (non-hydrogen) atoms. The fourth-order valence-electron chi connectivity index (χ4n) is 2.46. The summed E-state index contributed by atoms with van der Waals surface area (Å²) in [6, 6.07) is 6.61. The molecule has 106 valence electrons. The van der Waals surface area contributed by atoms with Crippen LogP contribution in [0.2, 0.25) is 0 Å². The Kier molecular flexibility index (Phi) is 5.19. The van der Waals surface area contributed by atoms with Crippen LogP contribution in [0, 0.1) is 6.92 Å². The minimum atomic E-state index is 0.0766. The predicted molar refractivity (Wildman–Crippen MR) is 77.6 cm³/mol. The van der Waals surface area contributed by atoms with Crippen LogP contribution < -0.4 is 10.2 Å². The van der Waals surface area contributed by atoms with Gasteiger partial charge in [0.05, 0.1) is 25.9 Å². The van der Waals surface area contributed by atoms with E-state index in [0.717, 1.165) is 26.2 Å². The van der Waals surface area contributed by atoms with Crippen molar-refractivity contribution >= 4 is 5.69 Å². The predicted octanol–water partition coefficient (Wildman–Crippen LogP) is 1.30. The molecule has 2 N–H and O–H groups in total. The second kappa shape index (κ2) is 6.89. The van der Waals surface area contributed by atoms with Crippen molar-refractivity contribution < 1.29 is 9.84 Å². The standard InChI is InChI=1S/C15H24N2O2/c1-3-16-9-13-4-5-14(8-12(13)2)17-6-7-19-11-15(17)10-18/h4-5,8,15-16,18H,3,6-7,9-11H2,1-2H3. The molecule has 1 saturated heterocycles. The number of aliphatic hydroxyl groups excluding tert-OH is 1.